The lowest BCUT2D eigenvalue weighted by molar-refractivity contribution is 0.779. The van der Waals surface area contributed by atoms with Crippen LogP contribution in [-0.4, -0.2) is 16.8 Å². The Morgan fingerprint density at radius 1 is 1.20 bits per heavy atom. The minimum atomic E-state index is 0.619. The summed E-state index contributed by atoms with van der Waals surface area (Å²) in [4.78, 5) is 0. The molecule has 1 heterocycles. The van der Waals surface area contributed by atoms with E-state index in [1.54, 1.807) is 6.07 Å². The highest BCUT2D eigenvalue weighted by Gasteiger charge is 2.17. The van der Waals surface area contributed by atoms with E-state index >= 15 is 0 Å². The van der Waals surface area contributed by atoms with Gasteiger partial charge in [-0.15, -0.1) is 0 Å². The monoisotopic (exact) mass is 311 g/mol. The minimum absolute atomic E-state index is 0.619. The van der Waals surface area contributed by atoms with E-state index in [1.165, 1.54) is 11.3 Å². The lowest BCUT2D eigenvalue weighted by Gasteiger charge is -2.09. The summed E-state index contributed by atoms with van der Waals surface area (Å²) >= 11 is 12.3. The summed E-state index contributed by atoms with van der Waals surface area (Å²) in [7, 11) is 1.95. The van der Waals surface area contributed by atoms with E-state index in [0.29, 0.717) is 10.0 Å². The van der Waals surface area contributed by atoms with Crippen LogP contribution in [0.2, 0.25) is 10.0 Å². The zero-order valence-corrected chi connectivity index (χ0v) is 13.5. The Labute approximate surface area is 129 Å². The second-order valence-corrected chi connectivity index (χ2v) is 5.46. The molecule has 0 saturated carbocycles. The molecule has 0 spiro atoms. The minimum Gasteiger partial charge on any atom is -0.316 e. The molecule has 0 radical (unpaired) electrons. The number of benzene rings is 1. The third-order valence-electron chi connectivity index (χ3n) is 3.33. The molecule has 1 aromatic carbocycles. The van der Waals surface area contributed by atoms with Gasteiger partial charge >= 0.3 is 0 Å². The summed E-state index contributed by atoms with van der Waals surface area (Å²) in [5.41, 5.74) is 4.45. The summed E-state index contributed by atoms with van der Waals surface area (Å²) < 4.78 is 1.95. The quantitative estimate of drug-likeness (QED) is 0.903. The first-order chi connectivity index (χ1) is 9.62. The number of nitrogens with zero attached hydrogens (tertiary/aromatic N) is 2. The average Bonchev–Trinajstić information content (AvgIpc) is 2.77. The molecule has 0 aliphatic carbocycles. The van der Waals surface area contributed by atoms with Crippen LogP contribution in [0.1, 0.15) is 30.8 Å². The molecule has 20 heavy (non-hydrogen) atoms. The zero-order chi connectivity index (χ0) is 14.7. The summed E-state index contributed by atoms with van der Waals surface area (Å²) in [5, 5.41) is 9.20. The van der Waals surface area contributed by atoms with Crippen molar-refractivity contribution in [2.75, 3.05) is 7.05 Å². The molecule has 108 valence electrons. The fraction of sp³-hybridized carbons (Fsp3) is 0.400. The first-order valence-electron chi connectivity index (χ1n) is 6.82. The molecule has 0 aliphatic rings. The number of nitrogens with one attached hydrogen (secondary N) is 1. The van der Waals surface area contributed by atoms with E-state index < -0.39 is 0 Å². The third-order valence-corrected chi connectivity index (χ3v) is 3.87. The van der Waals surface area contributed by atoms with Crippen molar-refractivity contribution in [3.8, 4) is 5.69 Å². The lowest BCUT2D eigenvalue weighted by Crippen LogP contribution is -2.09. The Morgan fingerprint density at radius 2 is 1.95 bits per heavy atom. The number of aryl methyl sites for hydroxylation is 1. The number of rotatable bonds is 5. The van der Waals surface area contributed by atoms with Crippen LogP contribution in [0.15, 0.2) is 18.2 Å². The number of aromatic nitrogens is 2. The van der Waals surface area contributed by atoms with Crippen LogP contribution in [0.3, 0.4) is 0 Å². The molecule has 0 atom stereocenters. The Bertz CT molecular complexity index is 605. The van der Waals surface area contributed by atoms with Crippen LogP contribution in [0, 0.1) is 0 Å². The van der Waals surface area contributed by atoms with Crippen LogP contribution >= 0.6 is 23.2 Å². The van der Waals surface area contributed by atoms with Gasteiger partial charge in [0.05, 0.1) is 16.4 Å². The zero-order valence-electron chi connectivity index (χ0n) is 12.0. The summed E-state index contributed by atoms with van der Waals surface area (Å²) in [6.45, 7) is 5.07. The van der Waals surface area contributed by atoms with Crippen molar-refractivity contribution in [3.63, 3.8) is 0 Å². The molecule has 0 unspecified atom stereocenters. The lowest BCUT2D eigenvalue weighted by atomic mass is 10.1. The molecule has 2 aromatic rings. The Kier molecular flexibility index (Phi) is 5.08. The normalized spacial score (nSPS) is 11.1. The van der Waals surface area contributed by atoms with Gasteiger partial charge in [-0.3, -0.25) is 0 Å². The second-order valence-electron chi connectivity index (χ2n) is 4.62. The van der Waals surface area contributed by atoms with Gasteiger partial charge in [-0.05, 0) is 38.1 Å². The molecule has 0 bridgehead atoms. The third kappa shape index (κ3) is 2.85. The molecule has 3 nitrogen and oxygen atoms in total. The average molecular weight is 312 g/mol. The molecular formula is C15H19Cl2N3. The van der Waals surface area contributed by atoms with Gasteiger partial charge in [0.25, 0.3) is 0 Å². The largest absolute Gasteiger partial charge is 0.316 e. The highest BCUT2D eigenvalue weighted by atomic mass is 35.5. The number of halogens is 2. The van der Waals surface area contributed by atoms with Crippen LogP contribution in [0.5, 0.6) is 0 Å². The fourth-order valence-electron chi connectivity index (χ4n) is 2.42. The predicted molar refractivity (Wildman–Crippen MR) is 85.1 cm³/mol. The SMILES string of the molecule is CCc1nn(-c2ccc(Cl)cc2Cl)c(CC)c1CNC. The Balaban J connectivity index is 2.61. The van der Waals surface area contributed by atoms with Crippen molar-refractivity contribution >= 4 is 23.2 Å². The van der Waals surface area contributed by atoms with E-state index in [0.717, 1.165) is 30.8 Å². The van der Waals surface area contributed by atoms with Crippen LogP contribution < -0.4 is 5.32 Å². The Morgan fingerprint density at radius 3 is 2.50 bits per heavy atom. The van der Waals surface area contributed by atoms with Gasteiger partial charge in [0.1, 0.15) is 0 Å². The molecular weight excluding hydrogens is 293 g/mol. The molecule has 0 amide bonds. The molecule has 2 rings (SSSR count). The van der Waals surface area contributed by atoms with E-state index in [2.05, 4.69) is 19.2 Å². The maximum atomic E-state index is 6.31. The van der Waals surface area contributed by atoms with E-state index in [-0.39, 0.29) is 0 Å². The van der Waals surface area contributed by atoms with Gasteiger partial charge in [-0.2, -0.15) is 5.10 Å². The van der Waals surface area contributed by atoms with E-state index in [4.69, 9.17) is 28.3 Å². The summed E-state index contributed by atoms with van der Waals surface area (Å²) in [6, 6.07) is 5.51. The van der Waals surface area contributed by atoms with Crippen molar-refractivity contribution in [3.05, 3.63) is 45.2 Å². The van der Waals surface area contributed by atoms with Crippen molar-refractivity contribution in [1.82, 2.24) is 15.1 Å². The molecule has 5 heteroatoms. The first kappa shape index (κ1) is 15.4. The maximum absolute atomic E-state index is 6.31. The van der Waals surface area contributed by atoms with Gasteiger partial charge in [-0.25, -0.2) is 4.68 Å². The number of hydrogen-bond donors (Lipinski definition) is 1. The van der Waals surface area contributed by atoms with Gasteiger partial charge in [0.15, 0.2) is 0 Å². The molecule has 0 saturated heterocycles. The van der Waals surface area contributed by atoms with E-state index in [1.807, 2.05) is 23.9 Å². The predicted octanol–water partition coefficient (Wildman–Crippen LogP) is 4.02. The fourth-order valence-corrected chi connectivity index (χ4v) is 2.90. The molecule has 0 fully saturated rings. The summed E-state index contributed by atoms with van der Waals surface area (Å²) in [5.74, 6) is 0. The van der Waals surface area contributed by atoms with Gasteiger partial charge in [0, 0.05) is 22.8 Å². The van der Waals surface area contributed by atoms with Crippen molar-refractivity contribution in [1.29, 1.82) is 0 Å². The molecule has 0 aliphatic heterocycles. The van der Waals surface area contributed by atoms with E-state index in [9.17, 15) is 0 Å². The van der Waals surface area contributed by atoms with Gasteiger partial charge in [-0.1, -0.05) is 37.0 Å². The van der Waals surface area contributed by atoms with Crippen LogP contribution in [-0.2, 0) is 19.4 Å². The van der Waals surface area contributed by atoms with Crippen LogP contribution in [0.25, 0.3) is 5.69 Å². The maximum Gasteiger partial charge on any atom is 0.0836 e. The Hall–Kier alpha value is -1.03. The van der Waals surface area contributed by atoms with Crippen LogP contribution in [0.4, 0.5) is 0 Å². The van der Waals surface area contributed by atoms with Gasteiger partial charge in [0.2, 0.25) is 0 Å². The van der Waals surface area contributed by atoms with Crippen molar-refractivity contribution in [2.24, 2.45) is 0 Å². The van der Waals surface area contributed by atoms with Crippen molar-refractivity contribution < 1.29 is 0 Å². The summed E-state index contributed by atoms with van der Waals surface area (Å²) in [6.07, 6.45) is 1.81. The molecule has 1 N–H and O–H groups in total. The second kappa shape index (κ2) is 6.61. The highest BCUT2D eigenvalue weighted by molar-refractivity contribution is 6.35. The first-order valence-corrected chi connectivity index (χ1v) is 7.57. The molecule has 1 aromatic heterocycles. The highest BCUT2D eigenvalue weighted by Crippen LogP contribution is 2.27. The number of hydrogen-bond acceptors (Lipinski definition) is 2. The smallest absolute Gasteiger partial charge is 0.0836 e. The van der Waals surface area contributed by atoms with Gasteiger partial charge < -0.3 is 5.32 Å². The standard InChI is InChI=1S/C15H19Cl2N3/c1-4-13-11(9-18-3)14(5-2)20(19-13)15-7-6-10(16)8-12(15)17/h6-8,18H,4-5,9H2,1-3H3. The van der Waals surface area contributed by atoms with Crippen molar-refractivity contribution in [2.45, 2.75) is 33.2 Å². The topological polar surface area (TPSA) is 29.9 Å².